The molecule has 0 fully saturated rings. The van der Waals surface area contributed by atoms with Crippen molar-refractivity contribution in [2.45, 2.75) is 33.7 Å². The summed E-state index contributed by atoms with van der Waals surface area (Å²) in [5, 5.41) is 4.44. The fourth-order valence-electron chi connectivity index (χ4n) is 2.07. The lowest BCUT2D eigenvalue weighted by molar-refractivity contribution is 0.419. The number of aromatic nitrogens is 2. The molecule has 0 bridgehead atoms. The van der Waals surface area contributed by atoms with Gasteiger partial charge in [-0.05, 0) is 32.8 Å². The summed E-state index contributed by atoms with van der Waals surface area (Å²) in [6.07, 6.45) is 0.682. The van der Waals surface area contributed by atoms with E-state index in [1.54, 1.807) is 7.05 Å². The van der Waals surface area contributed by atoms with Gasteiger partial charge in [-0.3, -0.25) is 4.68 Å². The summed E-state index contributed by atoms with van der Waals surface area (Å²) in [6, 6.07) is 0. The van der Waals surface area contributed by atoms with Gasteiger partial charge in [0.15, 0.2) is 0 Å². The van der Waals surface area contributed by atoms with E-state index in [2.05, 4.69) is 5.10 Å². The predicted octanol–water partition coefficient (Wildman–Crippen LogP) is 0.801. The second-order valence-electron chi connectivity index (χ2n) is 4.83. The fraction of sp³-hybridized carbons (Fsp3) is 0.750. The van der Waals surface area contributed by atoms with Gasteiger partial charge in [-0.1, -0.05) is 0 Å². The van der Waals surface area contributed by atoms with Crippen molar-refractivity contribution in [3.63, 3.8) is 0 Å². The number of nitrogens with zero attached hydrogens (tertiary/aromatic N) is 4. The number of hydrogen-bond acceptors (Lipinski definition) is 3. The van der Waals surface area contributed by atoms with Gasteiger partial charge in [0.2, 0.25) is 0 Å². The molecule has 110 valence electrons. The predicted molar refractivity (Wildman–Crippen MR) is 76.3 cm³/mol. The SMILES string of the molecule is CCn1nc(C)c(CCN(C)S(=O)(=O)N(C)C)c1C. The third kappa shape index (κ3) is 3.34. The third-order valence-corrected chi connectivity index (χ3v) is 5.26. The van der Waals surface area contributed by atoms with Gasteiger partial charge in [-0.2, -0.15) is 22.1 Å². The Morgan fingerprint density at radius 3 is 2.21 bits per heavy atom. The van der Waals surface area contributed by atoms with E-state index in [0.29, 0.717) is 13.0 Å². The van der Waals surface area contributed by atoms with Crippen LogP contribution in [0.25, 0.3) is 0 Å². The number of aryl methyl sites for hydroxylation is 2. The molecular weight excluding hydrogens is 264 g/mol. The molecule has 0 aromatic carbocycles. The van der Waals surface area contributed by atoms with Crippen LogP contribution in [0.2, 0.25) is 0 Å². The first-order chi connectivity index (χ1) is 8.71. The molecule has 19 heavy (non-hydrogen) atoms. The number of likely N-dealkylation sites (N-methyl/N-ethyl adjacent to an activating group) is 1. The van der Waals surface area contributed by atoms with Crippen LogP contribution in [-0.2, 0) is 23.2 Å². The molecule has 0 aliphatic heterocycles. The highest BCUT2D eigenvalue weighted by Gasteiger charge is 2.21. The molecule has 0 spiro atoms. The van der Waals surface area contributed by atoms with Crippen molar-refractivity contribution in [2.24, 2.45) is 0 Å². The summed E-state index contributed by atoms with van der Waals surface area (Å²) in [5.74, 6) is 0. The Morgan fingerprint density at radius 2 is 1.79 bits per heavy atom. The quantitative estimate of drug-likeness (QED) is 0.778. The first-order valence-corrected chi connectivity index (χ1v) is 7.78. The van der Waals surface area contributed by atoms with Gasteiger partial charge in [0.25, 0.3) is 10.2 Å². The van der Waals surface area contributed by atoms with Crippen molar-refractivity contribution >= 4 is 10.2 Å². The third-order valence-electron chi connectivity index (χ3n) is 3.36. The molecule has 0 radical (unpaired) electrons. The van der Waals surface area contributed by atoms with E-state index >= 15 is 0 Å². The molecule has 1 aromatic rings. The fourth-order valence-corrected chi connectivity index (χ4v) is 2.95. The molecule has 0 atom stereocenters. The second kappa shape index (κ2) is 6.02. The van der Waals surface area contributed by atoms with Crippen LogP contribution in [-0.4, -0.2) is 54.5 Å². The van der Waals surface area contributed by atoms with Gasteiger partial charge in [0.05, 0.1) is 5.69 Å². The molecule has 1 heterocycles. The topological polar surface area (TPSA) is 58.4 Å². The molecule has 6 nitrogen and oxygen atoms in total. The van der Waals surface area contributed by atoms with Crippen LogP contribution < -0.4 is 0 Å². The normalized spacial score (nSPS) is 12.6. The van der Waals surface area contributed by atoms with E-state index in [-0.39, 0.29) is 0 Å². The maximum absolute atomic E-state index is 11.9. The van der Waals surface area contributed by atoms with E-state index in [9.17, 15) is 8.42 Å². The van der Waals surface area contributed by atoms with E-state index in [0.717, 1.165) is 23.5 Å². The van der Waals surface area contributed by atoms with Gasteiger partial charge in [-0.15, -0.1) is 0 Å². The molecule has 1 rings (SSSR count). The highest BCUT2D eigenvalue weighted by Crippen LogP contribution is 2.15. The summed E-state index contributed by atoms with van der Waals surface area (Å²) in [6.45, 7) is 7.33. The van der Waals surface area contributed by atoms with Crippen LogP contribution in [0.3, 0.4) is 0 Å². The average Bonchev–Trinajstić information content (AvgIpc) is 2.61. The van der Waals surface area contributed by atoms with Crippen LogP contribution in [0.5, 0.6) is 0 Å². The van der Waals surface area contributed by atoms with Crippen molar-refractivity contribution in [3.8, 4) is 0 Å². The van der Waals surface area contributed by atoms with Gasteiger partial charge < -0.3 is 0 Å². The summed E-state index contributed by atoms with van der Waals surface area (Å²) in [7, 11) is 1.35. The summed E-state index contributed by atoms with van der Waals surface area (Å²) in [4.78, 5) is 0. The summed E-state index contributed by atoms with van der Waals surface area (Å²) in [5.41, 5.74) is 3.24. The molecule has 0 unspecified atom stereocenters. The minimum absolute atomic E-state index is 0.456. The Balaban J connectivity index is 2.81. The van der Waals surface area contributed by atoms with Gasteiger partial charge >= 0.3 is 0 Å². The number of hydrogen-bond donors (Lipinski definition) is 0. The van der Waals surface area contributed by atoms with Crippen LogP contribution in [0, 0.1) is 13.8 Å². The molecule has 1 aromatic heterocycles. The minimum Gasteiger partial charge on any atom is -0.270 e. The zero-order valence-electron chi connectivity index (χ0n) is 12.6. The highest BCUT2D eigenvalue weighted by molar-refractivity contribution is 7.86. The van der Waals surface area contributed by atoms with Gasteiger partial charge in [0, 0.05) is 39.9 Å². The van der Waals surface area contributed by atoms with Crippen molar-refractivity contribution in [1.82, 2.24) is 18.4 Å². The first-order valence-electron chi connectivity index (χ1n) is 6.38. The lowest BCUT2D eigenvalue weighted by Gasteiger charge is -2.21. The molecule has 0 N–H and O–H groups in total. The summed E-state index contributed by atoms with van der Waals surface area (Å²) >= 11 is 0. The largest absolute Gasteiger partial charge is 0.281 e. The van der Waals surface area contributed by atoms with Crippen molar-refractivity contribution in [1.29, 1.82) is 0 Å². The Kier molecular flexibility index (Phi) is 5.11. The zero-order valence-corrected chi connectivity index (χ0v) is 13.5. The smallest absolute Gasteiger partial charge is 0.270 e. The van der Waals surface area contributed by atoms with Crippen LogP contribution >= 0.6 is 0 Å². The lowest BCUT2D eigenvalue weighted by Crippen LogP contribution is -2.38. The minimum atomic E-state index is -3.33. The standard InChI is InChI=1S/C12H24N4O2S/c1-7-16-11(3)12(10(2)13-16)8-9-15(6)19(17,18)14(4)5/h7-9H2,1-6H3. The van der Waals surface area contributed by atoms with Crippen LogP contribution in [0.4, 0.5) is 0 Å². The van der Waals surface area contributed by atoms with E-state index in [4.69, 9.17) is 0 Å². The van der Waals surface area contributed by atoms with Gasteiger partial charge in [0.1, 0.15) is 0 Å². The second-order valence-corrected chi connectivity index (χ2v) is 7.08. The molecule has 0 saturated heterocycles. The summed E-state index contributed by atoms with van der Waals surface area (Å²) < 4.78 is 28.4. The number of rotatable bonds is 6. The van der Waals surface area contributed by atoms with E-state index < -0.39 is 10.2 Å². The Hall–Kier alpha value is -0.920. The molecule has 0 aliphatic carbocycles. The van der Waals surface area contributed by atoms with E-state index in [1.807, 2.05) is 25.5 Å². The maximum Gasteiger partial charge on any atom is 0.281 e. The van der Waals surface area contributed by atoms with E-state index in [1.165, 1.54) is 22.7 Å². The molecule has 0 amide bonds. The zero-order chi connectivity index (χ0) is 14.8. The Bertz CT molecular complexity index is 534. The maximum atomic E-state index is 11.9. The van der Waals surface area contributed by atoms with Crippen molar-refractivity contribution in [3.05, 3.63) is 17.0 Å². The average molecular weight is 288 g/mol. The molecule has 7 heteroatoms. The van der Waals surface area contributed by atoms with Gasteiger partial charge in [-0.25, -0.2) is 0 Å². The molecule has 0 saturated carbocycles. The first kappa shape index (κ1) is 16.1. The monoisotopic (exact) mass is 288 g/mol. The lowest BCUT2D eigenvalue weighted by atomic mass is 10.1. The Morgan fingerprint density at radius 1 is 1.21 bits per heavy atom. The molecule has 0 aliphatic rings. The van der Waals surface area contributed by atoms with Crippen molar-refractivity contribution < 1.29 is 8.42 Å². The van der Waals surface area contributed by atoms with Crippen LogP contribution in [0.15, 0.2) is 0 Å². The van der Waals surface area contributed by atoms with Crippen LogP contribution in [0.1, 0.15) is 23.9 Å². The Labute approximate surface area is 116 Å². The van der Waals surface area contributed by atoms with Crippen molar-refractivity contribution in [2.75, 3.05) is 27.7 Å². The molecular formula is C12H24N4O2S. The highest BCUT2D eigenvalue weighted by atomic mass is 32.2.